The number of hydrogen-bond acceptors (Lipinski definition) is 3. The molecule has 1 aromatic heterocycles. The Balaban J connectivity index is 2.09. The van der Waals surface area contributed by atoms with Crippen molar-refractivity contribution in [3.05, 3.63) is 46.6 Å². The Labute approximate surface area is 110 Å². The van der Waals surface area contributed by atoms with Crippen LogP contribution in [0.1, 0.15) is 5.56 Å². The summed E-state index contributed by atoms with van der Waals surface area (Å²) in [5.74, 6) is -0.249. The number of carbonyl (C=O) groups is 1. The molecule has 6 nitrogen and oxygen atoms in total. The van der Waals surface area contributed by atoms with E-state index in [-0.39, 0.29) is 18.1 Å². The third-order valence-corrected chi connectivity index (χ3v) is 2.86. The lowest BCUT2D eigenvalue weighted by Gasteiger charge is -2.09. The number of nitrogens with one attached hydrogen (secondary N) is 1. The smallest absolute Gasteiger partial charge is 0.328 e. The number of amides is 1. The molecular formula is C13H16N4O2. The lowest BCUT2D eigenvalue weighted by Crippen LogP contribution is -2.28. The number of hydrogen-bond donors (Lipinski definition) is 2. The van der Waals surface area contributed by atoms with Gasteiger partial charge in [0.05, 0.1) is 0 Å². The number of rotatable bonds is 3. The van der Waals surface area contributed by atoms with Gasteiger partial charge in [0.25, 0.3) is 0 Å². The van der Waals surface area contributed by atoms with Crippen molar-refractivity contribution in [2.45, 2.75) is 13.5 Å². The molecule has 0 radical (unpaired) electrons. The van der Waals surface area contributed by atoms with Crippen LogP contribution in [0.2, 0.25) is 0 Å². The van der Waals surface area contributed by atoms with Gasteiger partial charge in [0.2, 0.25) is 5.91 Å². The molecule has 1 heterocycles. The van der Waals surface area contributed by atoms with Crippen LogP contribution in [-0.2, 0) is 18.4 Å². The van der Waals surface area contributed by atoms with Crippen LogP contribution in [0.4, 0.5) is 11.4 Å². The summed E-state index contributed by atoms with van der Waals surface area (Å²) >= 11 is 0. The van der Waals surface area contributed by atoms with Gasteiger partial charge in [-0.05, 0) is 30.7 Å². The van der Waals surface area contributed by atoms with Crippen molar-refractivity contribution >= 4 is 17.3 Å². The van der Waals surface area contributed by atoms with E-state index in [2.05, 4.69) is 5.32 Å². The minimum absolute atomic E-state index is 0.0104. The Morgan fingerprint density at radius 1 is 1.37 bits per heavy atom. The molecule has 0 saturated heterocycles. The van der Waals surface area contributed by atoms with E-state index in [4.69, 9.17) is 5.73 Å². The topological polar surface area (TPSA) is 82.0 Å². The molecule has 6 heteroatoms. The van der Waals surface area contributed by atoms with Crippen molar-refractivity contribution in [1.29, 1.82) is 0 Å². The largest absolute Gasteiger partial charge is 0.399 e. The van der Waals surface area contributed by atoms with E-state index >= 15 is 0 Å². The molecule has 0 saturated carbocycles. The molecule has 0 atom stereocenters. The molecule has 2 aromatic rings. The molecule has 0 bridgehead atoms. The fourth-order valence-corrected chi connectivity index (χ4v) is 1.80. The standard InChI is InChI=1S/C13H16N4O2/c1-9-7-10(14)3-4-11(9)15-12(18)8-17-6-5-16(2)13(17)19/h3-7H,8,14H2,1-2H3,(H,15,18). The molecule has 0 unspecified atom stereocenters. The highest BCUT2D eigenvalue weighted by Gasteiger charge is 2.08. The van der Waals surface area contributed by atoms with Crippen molar-refractivity contribution in [2.75, 3.05) is 11.1 Å². The quantitative estimate of drug-likeness (QED) is 0.798. The van der Waals surface area contributed by atoms with Gasteiger partial charge in [-0.1, -0.05) is 0 Å². The Morgan fingerprint density at radius 2 is 2.11 bits per heavy atom. The second-order valence-electron chi connectivity index (χ2n) is 4.44. The summed E-state index contributed by atoms with van der Waals surface area (Å²) in [5.41, 5.74) is 7.65. The third kappa shape index (κ3) is 2.85. The molecule has 0 aliphatic carbocycles. The summed E-state index contributed by atoms with van der Waals surface area (Å²) in [6, 6.07) is 5.25. The number of anilines is 2. The van der Waals surface area contributed by atoms with Crippen LogP contribution >= 0.6 is 0 Å². The molecule has 1 amide bonds. The Hall–Kier alpha value is -2.50. The number of nitrogens with two attached hydrogens (primary N) is 1. The molecule has 0 spiro atoms. The molecular weight excluding hydrogens is 244 g/mol. The second-order valence-corrected chi connectivity index (χ2v) is 4.44. The predicted molar refractivity (Wildman–Crippen MR) is 73.9 cm³/mol. The van der Waals surface area contributed by atoms with E-state index < -0.39 is 0 Å². The van der Waals surface area contributed by atoms with Crippen LogP contribution in [-0.4, -0.2) is 15.0 Å². The molecule has 0 aliphatic heterocycles. The van der Waals surface area contributed by atoms with Crippen LogP contribution < -0.4 is 16.7 Å². The number of benzene rings is 1. The van der Waals surface area contributed by atoms with Gasteiger partial charge in [0.1, 0.15) is 6.54 Å². The summed E-state index contributed by atoms with van der Waals surface area (Å²) in [6.07, 6.45) is 3.20. The van der Waals surface area contributed by atoms with Gasteiger partial charge in [-0.15, -0.1) is 0 Å². The number of nitrogen functional groups attached to an aromatic ring is 1. The number of carbonyl (C=O) groups excluding carboxylic acids is 1. The Bertz CT molecular complexity index is 670. The lowest BCUT2D eigenvalue weighted by molar-refractivity contribution is -0.116. The normalized spacial score (nSPS) is 10.4. The van der Waals surface area contributed by atoms with Crippen LogP contribution in [0.5, 0.6) is 0 Å². The maximum atomic E-state index is 11.9. The zero-order chi connectivity index (χ0) is 14.0. The van der Waals surface area contributed by atoms with Gasteiger partial charge in [-0.3, -0.25) is 9.36 Å². The van der Waals surface area contributed by atoms with Gasteiger partial charge >= 0.3 is 5.69 Å². The van der Waals surface area contributed by atoms with Gasteiger partial charge in [-0.2, -0.15) is 0 Å². The second kappa shape index (κ2) is 5.01. The number of aromatic nitrogens is 2. The summed E-state index contributed by atoms with van der Waals surface area (Å²) < 4.78 is 2.77. The van der Waals surface area contributed by atoms with Crippen LogP contribution in [0, 0.1) is 6.92 Å². The van der Waals surface area contributed by atoms with Crippen LogP contribution in [0.15, 0.2) is 35.4 Å². The molecule has 0 aliphatic rings. The highest BCUT2D eigenvalue weighted by atomic mass is 16.2. The maximum Gasteiger partial charge on any atom is 0.328 e. The Kier molecular flexibility index (Phi) is 3.41. The first-order valence-electron chi connectivity index (χ1n) is 5.85. The van der Waals surface area contributed by atoms with Crippen molar-refractivity contribution in [2.24, 2.45) is 7.05 Å². The monoisotopic (exact) mass is 260 g/mol. The van der Waals surface area contributed by atoms with E-state index in [0.717, 1.165) is 5.56 Å². The highest BCUT2D eigenvalue weighted by Crippen LogP contribution is 2.17. The summed E-state index contributed by atoms with van der Waals surface area (Å²) in [4.78, 5) is 23.5. The fraction of sp³-hybridized carbons (Fsp3) is 0.231. The van der Waals surface area contributed by atoms with Crippen LogP contribution in [0.25, 0.3) is 0 Å². The number of imidazole rings is 1. The summed E-state index contributed by atoms with van der Waals surface area (Å²) in [6.45, 7) is 1.85. The van der Waals surface area contributed by atoms with Crippen molar-refractivity contribution in [3.8, 4) is 0 Å². The van der Waals surface area contributed by atoms with Crippen molar-refractivity contribution in [1.82, 2.24) is 9.13 Å². The van der Waals surface area contributed by atoms with E-state index in [0.29, 0.717) is 11.4 Å². The predicted octanol–water partition coefficient (Wildman–Crippen LogP) is 0.716. The molecule has 0 fully saturated rings. The van der Waals surface area contributed by atoms with Gasteiger partial charge in [-0.25, -0.2) is 4.79 Å². The van der Waals surface area contributed by atoms with E-state index in [1.165, 1.54) is 9.13 Å². The zero-order valence-corrected chi connectivity index (χ0v) is 10.9. The van der Waals surface area contributed by atoms with Gasteiger partial charge < -0.3 is 15.6 Å². The number of nitrogens with zero attached hydrogens (tertiary/aromatic N) is 2. The average Bonchev–Trinajstić information content (AvgIpc) is 2.65. The Morgan fingerprint density at radius 3 is 2.68 bits per heavy atom. The maximum absolute atomic E-state index is 11.9. The molecule has 1 aromatic carbocycles. The van der Waals surface area contributed by atoms with E-state index in [1.54, 1.807) is 37.6 Å². The first-order chi connectivity index (χ1) is 8.97. The van der Waals surface area contributed by atoms with Crippen LogP contribution in [0.3, 0.4) is 0 Å². The average molecular weight is 260 g/mol. The minimum atomic E-state index is -0.249. The first-order valence-corrected chi connectivity index (χ1v) is 5.85. The highest BCUT2D eigenvalue weighted by molar-refractivity contribution is 5.91. The molecule has 100 valence electrons. The first kappa shape index (κ1) is 12.9. The van der Waals surface area contributed by atoms with E-state index in [1.807, 2.05) is 6.92 Å². The third-order valence-electron chi connectivity index (χ3n) is 2.86. The zero-order valence-electron chi connectivity index (χ0n) is 10.9. The molecule has 3 N–H and O–H groups in total. The summed E-state index contributed by atoms with van der Waals surface area (Å²) in [5, 5.41) is 2.76. The van der Waals surface area contributed by atoms with Crippen molar-refractivity contribution < 1.29 is 4.79 Å². The minimum Gasteiger partial charge on any atom is -0.399 e. The molecule has 19 heavy (non-hydrogen) atoms. The molecule has 2 rings (SSSR count). The summed E-state index contributed by atoms with van der Waals surface area (Å²) in [7, 11) is 1.64. The lowest BCUT2D eigenvalue weighted by atomic mass is 10.2. The van der Waals surface area contributed by atoms with Crippen molar-refractivity contribution in [3.63, 3.8) is 0 Å². The number of aryl methyl sites for hydroxylation is 2. The van der Waals surface area contributed by atoms with E-state index in [9.17, 15) is 9.59 Å². The van der Waals surface area contributed by atoms with Gasteiger partial charge in [0.15, 0.2) is 0 Å². The SMILES string of the molecule is Cc1cc(N)ccc1NC(=O)Cn1ccn(C)c1=O. The fourth-order valence-electron chi connectivity index (χ4n) is 1.80. The van der Waals surface area contributed by atoms with Gasteiger partial charge in [0, 0.05) is 30.8 Å².